The van der Waals surface area contributed by atoms with Gasteiger partial charge in [0.15, 0.2) is 0 Å². The number of nitrogens with zero attached hydrogens (tertiary/aromatic N) is 3. The van der Waals surface area contributed by atoms with Gasteiger partial charge in [0.25, 0.3) is 0 Å². The van der Waals surface area contributed by atoms with E-state index in [1.807, 2.05) is 44.4 Å². The first-order valence-electron chi connectivity index (χ1n) is 7.45. The predicted molar refractivity (Wildman–Crippen MR) is 83.6 cm³/mol. The van der Waals surface area contributed by atoms with E-state index in [2.05, 4.69) is 20.3 Å². The van der Waals surface area contributed by atoms with Gasteiger partial charge in [-0.2, -0.15) is 4.98 Å². The molecule has 2 aromatic rings. The molecule has 0 atom stereocenters. The normalized spacial score (nSPS) is 10.4. The van der Waals surface area contributed by atoms with E-state index < -0.39 is 0 Å². The van der Waals surface area contributed by atoms with Gasteiger partial charge in [0.2, 0.25) is 5.88 Å². The minimum atomic E-state index is 0.646. The summed E-state index contributed by atoms with van der Waals surface area (Å²) in [7, 11) is 0. The molecule has 5 heteroatoms. The van der Waals surface area contributed by atoms with Crippen LogP contribution in [0.25, 0.3) is 0 Å². The molecule has 0 unspecified atom stereocenters. The summed E-state index contributed by atoms with van der Waals surface area (Å²) >= 11 is 0. The molecule has 5 nitrogen and oxygen atoms in total. The topological polar surface area (TPSA) is 59.9 Å². The van der Waals surface area contributed by atoms with Crippen LogP contribution in [0.15, 0.2) is 30.6 Å². The van der Waals surface area contributed by atoms with Gasteiger partial charge in [0.05, 0.1) is 6.61 Å². The van der Waals surface area contributed by atoms with Gasteiger partial charge in [-0.05, 0) is 37.5 Å². The minimum Gasteiger partial charge on any atom is -0.478 e. The van der Waals surface area contributed by atoms with Crippen molar-refractivity contribution < 1.29 is 4.74 Å². The molecule has 0 spiro atoms. The Morgan fingerprint density at radius 3 is 2.67 bits per heavy atom. The molecular weight excluding hydrogens is 264 g/mol. The number of anilines is 1. The van der Waals surface area contributed by atoms with Gasteiger partial charge in [-0.3, -0.25) is 4.98 Å². The zero-order chi connectivity index (χ0) is 14.9. The van der Waals surface area contributed by atoms with E-state index in [4.69, 9.17) is 4.74 Å². The van der Waals surface area contributed by atoms with Gasteiger partial charge in [0, 0.05) is 31.4 Å². The first-order valence-corrected chi connectivity index (χ1v) is 7.45. The molecule has 0 aromatic carbocycles. The Kier molecular flexibility index (Phi) is 5.94. The van der Waals surface area contributed by atoms with E-state index in [9.17, 15) is 0 Å². The second kappa shape index (κ2) is 8.19. The van der Waals surface area contributed by atoms with E-state index in [0.29, 0.717) is 12.5 Å². The first kappa shape index (κ1) is 15.2. The molecule has 2 aromatic heterocycles. The zero-order valence-corrected chi connectivity index (χ0v) is 12.7. The summed E-state index contributed by atoms with van der Waals surface area (Å²) in [6.45, 7) is 5.57. The third kappa shape index (κ3) is 5.02. The second-order valence-corrected chi connectivity index (χ2v) is 4.70. The lowest BCUT2D eigenvalue weighted by molar-refractivity contribution is 0.298. The highest BCUT2D eigenvalue weighted by atomic mass is 16.5. The molecule has 112 valence electrons. The van der Waals surface area contributed by atoms with Crippen LogP contribution in [0.1, 0.15) is 31.7 Å². The fraction of sp³-hybridized carbons (Fsp3) is 0.438. The van der Waals surface area contributed by atoms with E-state index >= 15 is 0 Å². The van der Waals surface area contributed by atoms with Crippen LogP contribution in [0, 0.1) is 0 Å². The van der Waals surface area contributed by atoms with Crippen LogP contribution in [-0.4, -0.2) is 28.1 Å². The van der Waals surface area contributed by atoms with Crippen molar-refractivity contribution in [2.24, 2.45) is 0 Å². The number of hydrogen-bond acceptors (Lipinski definition) is 5. The Morgan fingerprint density at radius 2 is 1.95 bits per heavy atom. The van der Waals surface area contributed by atoms with Crippen LogP contribution >= 0.6 is 0 Å². The molecule has 2 heterocycles. The van der Waals surface area contributed by atoms with E-state index in [1.54, 1.807) is 0 Å². The van der Waals surface area contributed by atoms with Crippen molar-refractivity contribution in [2.45, 2.75) is 33.1 Å². The average molecular weight is 286 g/mol. The van der Waals surface area contributed by atoms with E-state index in [1.165, 1.54) is 5.56 Å². The quantitative estimate of drug-likeness (QED) is 0.756. The molecule has 1 N–H and O–H groups in total. The summed E-state index contributed by atoms with van der Waals surface area (Å²) in [5.74, 6) is 2.28. The van der Waals surface area contributed by atoms with Gasteiger partial charge in [0.1, 0.15) is 11.6 Å². The third-order valence-corrected chi connectivity index (χ3v) is 3.03. The zero-order valence-electron chi connectivity index (χ0n) is 12.7. The molecule has 0 bridgehead atoms. The second-order valence-electron chi connectivity index (χ2n) is 4.70. The molecule has 0 fully saturated rings. The number of pyridine rings is 1. The largest absolute Gasteiger partial charge is 0.478 e. The highest BCUT2D eigenvalue weighted by Gasteiger charge is 2.04. The SMILES string of the molecule is CCNc1cc(OCCCc2ccncc2)nc(CC)n1. The fourth-order valence-electron chi connectivity index (χ4n) is 1.98. The van der Waals surface area contributed by atoms with Crippen molar-refractivity contribution in [3.05, 3.63) is 42.0 Å². The number of nitrogens with one attached hydrogen (secondary N) is 1. The summed E-state index contributed by atoms with van der Waals surface area (Å²) in [4.78, 5) is 12.8. The van der Waals surface area contributed by atoms with Gasteiger partial charge in [-0.1, -0.05) is 6.92 Å². The fourth-order valence-corrected chi connectivity index (χ4v) is 1.98. The van der Waals surface area contributed by atoms with Crippen LogP contribution in [0.3, 0.4) is 0 Å². The number of rotatable bonds is 8. The lowest BCUT2D eigenvalue weighted by Gasteiger charge is -2.09. The molecule has 0 aliphatic heterocycles. The summed E-state index contributed by atoms with van der Waals surface area (Å²) in [6.07, 6.45) is 6.36. The lowest BCUT2D eigenvalue weighted by atomic mass is 10.1. The first-order chi connectivity index (χ1) is 10.3. The molecule has 0 aliphatic rings. The van der Waals surface area contributed by atoms with Gasteiger partial charge >= 0.3 is 0 Å². The summed E-state index contributed by atoms with van der Waals surface area (Å²) in [6, 6.07) is 5.92. The number of aryl methyl sites for hydroxylation is 2. The van der Waals surface area contributed by atoms with Crippen molar-refractivity contribution in [3.63, 3.8) is 0 Å². The molecule has 0 aliphatic carbocycles. The number of ether oxygens (including phenoxy) is 1. The van der Waals surface area contributed by atoms with Gasteiger partial charge < -0.3 is 10.1 Å². The van der Waals surface area contributed by atoms with Crippen molar-refractivity contribution in [3.8, 4) is 5.88 Å². The smallest absolute Gasteiger partial charge is 0.218 e. The van der Waals surface area contributed by atoms with E-state index in [0.717, 1.165) is 37.4 Å². The molecule has 0 saturated carbocycles. The van der Waals surface area contributed by atoms with Crippen molar-refractivity contribution in [1.29, 1.82) is 0 Å². The lowest BCUT2D eigenvalue weighted by Crippen LogP contribution is -2.07. The highest BCUT2D eigenvalue weighted by Crippen LogP contribution is 2.14. The summed E-state index contributed by atoms with van der Waals surface area (Å²) in [5.41, 5.74) is 1.28. The highest BCUT2D eigenvalue weighted by molar-refractivity contribution is 5.38. The summed E-state index contributed by atoms with van der Waals surface area (Å²) in [5, 5.41) is 3.20. The Balaban J connectivity index is 1.86. The van der Waals surface area contributed by atoms with Gasteiger partial charge in [-0.15, -0.1) is 0 Å². The van der Waals surface area contributed by atoms with E-state index in [-0.39, 0.29) is 0 Å². The van der Waals surface area contributed by atoms with Crippen molar-refractivity contribution in [1.82, 2.24) is 15.0 Å². The van der Waals surface area contributed by atoms with Crippen LogP contribution in [-0.2, 0) is 12.8 Å². The Hall–Kier alpha value is -2.17. The maximum absolute atomic E-state index is 5.75. The Morgan fingerprint density at radius 1 is 1.14 bits per heavy atom. The van der Waals surface area contributed by atoms with Crippen LogP contribution in [0.5, 0.6) is 5.88 Å². The van der Waals surface area contributed by atoms with Gasteiger partial charge in [-0.25, -0.2) is 4.98 Å². The number of aromatic nitrogens is 3. The van der Waals surface area contributed by atoms with Crippen molar-refractivity contribution in [2.75, 3.05) is 18.5 Å². The minimum absolute atomic E-state index is 0.646. The molecule has 2 rings (SSSR count). The predicted octanol–water partition coefficient (Wildman–Crippen LogP) is 2.88. The molecule has 0 saturated heterocycles. The van der Waals surface area contributed by atoms with Crippen LogP contribution < -0.4 is 10.1 Å². The monoisotopic (exact) mass is 286 g/mol. The van der Waals surface area contributed by atoms with Crippen LogP contribution in [0.4, 0.5) is 5.82 Å². The molecule has 0 amide bonds. The molecule has 0 radical (unpaired) electrons. The maximum Gasteiger partial charge on any atom is 0.218 e. The Bertz CT molecular complexity index is 545. The van der Waals surface area contributed by atoms with Crippen LogP contribution in [0.2, 0.25) is 0 Å². The molecular formula is C16H22N4O. The third-order valence-electron chi connectivity index (χ3n) is 3.03. The summed E-state index contributed by atoms with van der Waals surface area (Å²) < 4.78 is 5.75. The maximum atomic E-state index is 5.75. The number of hydrogen-bond donors (Lipinski definition) is 1. The standard InChI is InChI=1S/C16H22N4O/c1-3-14-19-15(18-4-2)12-16(20-14)21-11-5-6-13-7-9-17-10-8-13/h7-10,12H,3-6,11H2,1-2H3,(H,18,19,20). The van der Waals surface area contributed by atoms with Crippen molar-refractivity contribution >= 4 is 5.82 Å². The average Bonchev–Trinajstić information content (AvgIpc) is 2.53. The molecule has 21 heavy (non-hydrogen) atoms. The Labute approximate surface area is 125 Å².